The Morgan fingerprint density at radius 1 is 0.421 bits per heavy atom. The zero-order valence-electron chi connectivity index (χ0n) is 30.9. The number of pyridine rings is 3. The van der Waals surface area contributed by atoms with Gasteiger partial charge in [-0.15, -0.1) is 0 Å². The van der Waals surface area contributed by atoms with Gasteiger partial charge in [-0.1, -0.05) is 144 Å². The van der Waals surface area contributed by atoms with Gasteiger partial charge in [0.15, 0.2) is 0 Å². The number of hydrazine groups is 1. The van der Waals surface area contributed by atoms with E-state index < -0.39 is 0 Å². The van der Waals surface area contributed by atoms with Crippen LogP contribution < -0.4 is 26.0 Å². The van der Waals surface area contributed by atoms with Crippen molar-refractivity contribution in [2.75, 3.05) is 9.64 Å². The molecule has 0 unspecified atom stereocenters. The van der Waals surface area contributed by atoms with Crippen LogP contribution in [0.3, 0.4) is 0 Å². The van der Waals surface area contributed by atoms with Crippen LogP contribution in [0.1, 0.15) is 0 Å². The number of hydrogen-bond acceptors (Lipinski definition) is 8. The molecule has 0 N–H and O–H groups in total. The molecule has 5 heterocycles. The second-order valence-corrected chi connectivity index (χ2v) is 16.6. The van der Waals surface area contributed by atoms with Crippen LogP contribution in [0.15, 0.2) is 207 Å². The first kappa shape index (κ1) is 35.5. The average Bonchev–Trinajstić information content (AvgIpc) is 3.65. The molecule has 268 valence electrons. The van der Waals surface area contributed by atoms with Crippen molar-refractivity contribution >= 4 is 75.3 Å². The molecule has 10 rings (SSSR count). The summed E-state index contributed by atoms with van der Waals surface area (Å²) in [6.07, 6.45) is 3.64. The number of aromatic nitrogens is 3. The van der Waals surface area contributed by atoms with Crippen molar-refractivity contribution in [1.82, 2.24) is 19.8 Å². The molecule has 8 aromatic rings. The fourth-order valence-electron chi connectivity index (χ4n) is 7.76. The number of para-hydroxylation sites is 1. The van der Waals surface area contributed by atoms with Crippen molar-refractivity contribution in [3.63, 3.8) is 0 Å². The highest BCUT2D eigenvalue weighted by atomic mass is 32.2. The van der Waals surface area contributed by atoms with Gasteiger partial charge in [0.25, 0.3) is 5.27 Å². The highest BCUT2D eigenvalue weighted by Crippen LogP contribution is 2.44. The molecule has 57 heavy (non-hydrogen) atoms. The molecule has 0 radical (unpaired) electrons. The third-order valence-electron chi connectivity index (χ3n) is 10.4. The highest BCUT2D eigenvalue weighted by Gasteiger charge is 2.60. The predicted octanol–water partition coefficient (Wildman–Crippen LogP) is 8.07. The molecule has 2 saturated heterocycles. The lowest BCUT2D eigenvalue weighted by molar-refractivity contribution is 0.741. The Kier molecular flexibility index (Phi) is 9.90. The fourth-order valence-corrected chi connectivity index (χ4v) is 11.2. The summed E-state index contributed by atoms with van der Waals surface area (Å²) in [5, 5.41) is 0.218. The molecule has 0 atom stereocenters. The van der Waals surface area contributed by atoms with Crippen LogP contribution in [0.25, 0.3) is 33.9 Å². The van der Waals surface area contributed by atoms with Gasteiger partial charge in [0, 0.05) is 23.8 Å². The first-order valence-corrected chi connectivity index (χ1v) is 21.0. The predicted molar refractivity (Wildman–Crippen MR) is 246 cm³/mol. The molecule has 5 aromatic carbocycles. The Bertz CT molecular complexity index is 2510. The van der Waals surface area contributed by atoms with Gasteiger partial charge in [-0.2, -0.15) is 11.5 Å². The lowest BCUT2D eigenvalue weighted by Crippen LogP contribution is -2.63. The third-order valence-corrected chi connectivity index (χ3v) is 13.5. The van der Waals surface area contributed by atoms with Crippen molar-refractivity contribution in [3.8, 4) is 33.9 Å². The van der Waals surface area contributed by atoms with Crippen LogP contribution in [0.4, 0.5) is 11.4 Å². The summed E-state index contributed by atoms with van der Waals surface area (Å²) in [4.78, 5) is 19.5. The molecular formula is C45H34B4N6S2. The van der Waals surface area contributed by atoms with Crippen LogP contribution in [-0.4, -0.2) is 44.4 Å². The molecule has 2 aliphatic heterocycles. The maximum atomic E-state index is 5.02. The maximum Gasteiger partial charge on any atom is 0.413 e. The van der Waals surface area contributed by atoms with Gasteiger partial charge in [-0.25, -0.2) is 16.4 Å². The number of benzene rings is 5. The van der Waals surface area contributed by atoms with Crippen molar-refractivity contribution in [3.05, 3.63) is 207 Å². The van der Waals surface area contributed by atoms with Gasteiger partial charge in [0.2, 0.25) is 0 Å². The third kappa shape index (κ3) is 7.05. The molecule has 2 aliphatic rings. The first-order chi connectivity index (χ1) is 28.3. The van der Waals surface area contributed by atoms with Crippen molar-refractivity contribution < 1.29 is 0 Å². The molecule has 6 nitrogen and oxygen atoms in total. The van der Waals surface area contributed by atoms with E-state index in [9.17, 15) is 0 Å². The second-order valence-electron chi connectivity index (χ2n) is 14.0. The monoisotopic (exact) mass is 766 g/mol. The summed E-state index contributed by atoms with van der Waals surface area (Å²) in [6, 6.07) is 69.0. The summed E-state index contributed by atoms with van der Waals surface area (Å²) in [5.41, 5.74) is 11.5. The van der Waals surface area contributed by atoms with Crippen LogP contribution in [0.5, 0.6) is 0 Å². The van der Waals surface area contributed by atoms with Gasteiger partial charge < -0.3 is 9.64 Å². The SMILES string of the molecule is c1ccc(B2SB(c3ccccc3)N3B(S2)N(c2ccccc2)B(c2ccccc2)N3c2ccc(-c3cc(-c4ccccn4)nc(-c4ccccn4)c3)cc2)cc1. The Hall–Kier alpha value is -5.93. The van der Waals surface area contributed by atoms with Crippen LogP contribution >= 0.6 is 22.9 Å². The molecule has 12 heteroatoms. The fraction of sp³-hybridized carbons (Fsp3) is 0. The zero-order chi connectivity index (χ0) is 38.0. The molecule has 0 aliphatic carbocycles. The van der Waals surface area contributed by atoms with Crippen LogP contribution in [-0.2, 0) is 0 Å². The van der Waals surface area contributed by atoms with Gasteiger partial charge in [0.05, 0.1) is 22.8 Å². The normalized spacial score (nSPS) is 14.2. The summed E-state index contributed by atoms with van der Waals surface area (Å²) in [5.74, 6) is 0. The minimum atomic E-state index is -0.120. The number of rotatable bonds is 8. The van der Waals surface area contributed by atoms with E-state index in [1.807, 2.05) is 71.7 Å². The average molecular weight is 766 g/mol. The van der Waals surface area contributed by atoms with Gasteiger partial charge in [-0.3, -0.25) is 14.8 Å². The molecule has 3 aromatic heterocycles. The lowest BCUT2D eigenvalue weighted by Gasteiger charge is -2.42. The van der Waals surface area contributed by atoms with E-state index in [0.29, 0.717) is 0 Å². The molecule has 0 saturated carbocycles. The summed E-state index contributed by atoms with van der Waals surface area (Å²) in [7, 11) is 0. The van der Waals surface area contributed by atoms with Crippen molar-refractivity contribution in [2.24, 2.45) is 0 Å². The lowest BCUT2D eigenvalue weighted by atomic mass is 9.63. The summed E-state index contributed by atoms with van der Waals surface area (Å²) < 4.78 is 2.61. The quantitative estimate of drug-likeness (QED) is 0.144. The van der Waals surface area contributed by atoms with E-state index in [1.165, 1.54) is 22.1 Å². The van der Waals surface area contributed by atoms with Gasteiger partial charge in [-0.05, 0) is 77.3 Å². The number of anilines is 2. The Labute approximate surface area is 343 Å². The van der Waals surface area contributed by atoms with E-state index in [0.717, 1.165) is 39.6 Å². The molecule has 0 amide bonds. The standard InChI is InChI=1S/C45H34B4N6S2/c1-5-17-37(18-6-1)46-53(40-23-11-4-12-24-40)49-55(47(38-19-7-2-8-20-38)56-48(57-49)39-21-9-3-10-22-39)54(46)41-29-27-35(28-30-41)36-33-44(42-25-13-15-31-50-42)52-45(34-36)43-26-14-16-32-51-43/h1-34H. The van der Waals surface area contributed by atoms with Gasteiger partial charge >= 0.3 is 19.4 Å². The Morgan fingerprint density at radius 3 is 1.51 bits per heavy atom. The van der Waals surface area contributed by atoms with Crippen molar-refractivity contribution in [1.29, 1.82) is 0 Å². The maximum absolute atomic E-state index is 5.02. The van der Waals surface area contributed by atoms with Crippen molar-refractivity contribution in [2.45, 2.75) is 0 Å². The Morgan fingerprint density at radius 2 is 0.947 bits per heavy atom. The highest BCUT2D eigenvalue weighted by molar-refractivity contribution is 8.73. The Balaban J connectivity index is 1.12. The molecular weight excluding hydrogens is 732 g/mol. The first-order valence-electron chi connectivity index (χ1n) is 19.1. The zero-order valence-corrected chi connectivity index (χ0v) is 32.6. The van der Waals surface area contributed by atoms with E-state index in [1.54, 1.807) is 0 Å². The molecule has 2 fully saturated rings. The second kappa shape index (κ2) is 15.9. The summed E-state index contributed by atoms with van der Waals surface area (Å²) >= 11 is 4.01. The minimum Gasteiger partial charge on any atom is -0.414 e. The summed E-state index contributed by atoms with van der Waals surface area (Å²) in [6.45, 7) is -0.120. The van der Waals surface area contributed by atoms with E-state index >= 15 is 0 Å². The number of nitrogens with zero attached hydrogens (tertiary/aromatic N) is 6. The van der Waals surface area contributed by atoms with Crippen LogP contribution in [0, 0.1) is 0 Å². The topological polar surface area (TPSA) is 48.4 Å². The number of fused-ring (bicyclic) bond motifs is 1. The number of hydrogen-bond donors (Lipinski definition) is 0. The molecule has 0 spiro atoms. The minimum absolute atomic E-state index is 0.0176. The molecule has 0 bridgehead atoms. The largest absolute Gasteiger partial charge is 0.414 e. The smallest absolute Gasteiger partial charge is 0.413 e. The van der Waals surface area contributed by atoms with E-state index in [2.05, 4.69) is 182 Å². The van der Waals surface area contributed by atoms with E-state index in [-0.39, 0.29) is 24.6 Å². The van der Waals surface area contributed by atoms with Gasteiger partial charge in [0.1, 0.15) is 0 Å². The van der Waals surface area contributed by atoms with Crippen LogP contribution in [0.2, 0.25) is 0 Å². The van der Waals surface area contributed by atoms with E-state index in [4.69, 9.17) is 4.98 Å².